The lowest BCUT2D eigenvalue weighted by atomic mass is 10.1. The molecule has 0 aliphatic rings. The van der Waals surface area contributed by atoms with Crippen LogP contribution in [0.25, 0.3) is 6.08 Å². The van der Waals surface area contributed by atoms with E-state index in [4.69, 9.17) is 17.3 Å². The molecule has 1 aromatic carbocycles. The van der Waals surface area contributed by atoms with Crippen molar-refractivity contribution in [1.29, 1.82) is 0 Å². The predicted octanol–water partition coefficient (Wildman–Crippen LogP) is 2.81. The molecule has 0 saturated heterocycles. The molecule has 0 spiro atoms. The highest BCUT2D eigenvalue weighted by atomic mass is 35.5. The Hall–Kier alpha value is -1.48. The first-order valence-electron chi connectivity index (χ1n) is 4.84. The highest BCUT2D eigenvalue weighted by Gasteiger charge is 2.03. The van der Waals surface area contributed by atoms with E-state index in [2.05, 4.69) is 4.74 Å². The van der Waals surface area contributed by atoms with Gasteiger partial charge in [-0.1, -0.05) is 29.8 Å². The second-order valence-electron chi connectivity index (χ2n) is 3.37. The zero-order chi connectivity index (χ0) is 12.1. The normalized spacial score (nSPS) is 10.7. The Bertz CT molecular complexity index is 427. The topological polar surface area (TPSA) is 52.3 Å². The molecule has 0 heterocycles. The number of nitrogens with two attached hydrogens (primary N) is 1. The molecule has 0 radical (unpaired) electrons. The van der Waals surface area contributed by atoms with Crippen molar-refractivity contribution >= 4 is 29.3 Å². The van der Waals surface area contributed by atoms with Crippen LogP contribution in [0.15, 0.2) is 18.2 Å². The van der Waals surface area contributed by atoms with Crippen LogP contribution in [0.2, 0.25) is 5.02 Å². The van der Waals surface area contributed by atoms with E-state index in [9.17, 15) is 4.79 Å². The fourth-order valence-electron chi connectivity index (χ4n) is 1.22. The molecule has 4 heteroatoms. The van der Waals surface area contributed by atoms with Gasteiger partial charge in [-0.05, 0) is 24.1 Å². The summed E-state index contributed by atoms with van der Waals surface area (Å²) in [6, 6.07) is 3.61. The van der Waals surface area contributed by atoms with Crippen molar-refractivity contribution in [2.45, 2.75) is 13.3 Å². The molecular weight excluding hydrogens is 226 g/mol. The Kier molecular flexibility index (Phi) is 4.38. The number of benzene rings is 1. The largest absolute Gasteiger partial charge is 0.469 e. The zero-order valence-electron chi connectivity index (χ0n) is 9.29. The van der Waals surface area contributed by atoms with E-state index in [0.29, 0.717) is 10.7 Å². The van der Waals surface area contributed by atoms with E-state index in [1.54, 1.807) is 18.2 Å². The number of halogens is 1. The van der Waals surface area contributed by atoms with Crippen molar-refractivity contribution in [3.63, 3.8) is 0 Å². The Labute approximate surface area is 99.8 Å². The van der Waals surface area contributed by atoms with E-state index in [-0.39, 0.29) is 12.4 Å². The molecule has 0 aliphatic heterocycles. The van der Waals surface area contributed by atoms with E-state index in [1.807, 2.05) is 13.0 Å². The van der Waals surface area contributed by atoms with Crippen LogP contribution in [-0.4, -0.2) is 13.1 Å². The fourth-order valence-corrected chi connectivity index (χ4v) is 1.45. The first-order valence-corrected chi connectivity index (χ1v) is 5.22. The molecule has 0 atom stereocenters. The van der Waals surface area contributed by atoms with Crippen molar-refractivity contribution in [3.05, 3.63) is 34.4 Å². The van der Waals surface area contributed by atoms with Crippen LogP contribution < -0.4 is 5.73 Å². The highest BCUT2D eigenvalue weighted by molar-refractivity contribution is 6.33. The molecule has 86 valence electrons. The van der Waals surface area contributed by atoms with Crippen molar-refractivity contribution in [1.82, 2.24) is 0 Å². The molecule has 1 aromatic rings. The number of hydrogen-bond acceptors (Lipinski definition) is 3. The molecule has 0 aromatic heterocycles. The second kappa shape index (κ2) is 5.56. The lowest BCUT2D eigenvalue weighted by Crippen LogP contribution is -1.96. The monoisotopic (exact) mass is 239 g/mol. The number of esters is 1. The van der Waals surface area contributed by atoms with Crippen LogP contribution in [0.5, 0.6) is 0 Å². The van der Waals surface area contributed by atoms with Gasteiger partial charge in [0, 0.05) is 5.69 Å². The number of methoxy groups -OCH3 is 1. The molecular formula is C12H14ClNO2. The van der Waals surface area contributed by atoms with Gasteiger partial charge in [0.1, 0.15) is 0 Å². The summed E-state index contributed by atoms with van der Waals surface area (Å²) in [5, 5.41) is 0.612. The van der Waals surface area contributed by atoms with Gasteiger partial charge in [0.15, 0.2) is 0 Å². The Balaban J connectivity index is 2.82. The molecule has 0 unspecified atom stereocenters. The molecule has 0 aliphatic carbocycles. The van der Waals surface area contributed by atoms with Crippen LogP contribution in [0.1, 0.15) is 17.5 Å². The summed E-state index contributed by atoms with van der Waals surface area (Å²) in [6.07, 6.45) is 3.73. The van der Waals surface area contributed by atoms with Gasteiger partial charge < -0.3 is 10.5 Å². The SMILES string of the molecule is COC(=O)CC=Cc1ccc(N)c(C)c1Cl. The average molecular weight is 240 g/mol. The summed E-state index contributed by atoms with van der Waals surface area (Å²) in [6.45, 7) is 1.86. The molecule has 0 amide bonds. The van der Waals surface area contributed by atoms with Gasteiger partial charge in [0.2, 0.25) is 0 Å². The summed E-state index contributed by atoms with van der Waals surface area (Å²) >= 11 is 6.10. The number of ether oxygens (including phenoxy) is 1. The molecule has 3 nitrogen and oxygen atoms in total. The Morgan fingerprint density at radius 3 is 2.88 bits per heavy atom. The van der Waals surface area contributed by atoms with Gasteiger partial charge in [-0.2, -0.15) is 0 Å². The summed E-state index contributed by atoms with van der Waals surface area (Å²) in [5.74, 6) is -0.278. The summed E-state index contributed by atoms with van der Waals surface area (Å²) in [4.78, 5) is 10.9. The number of anilines is 1. The zero-order valence-corrected chi connectivity index (χ0v) is 10.0. The first-order chi connectivity index (χ1) is 7.56. The summed E-state index contributed by atoms with van der Waals surface area (Å²) < 4.78 is 4.52. The minimum Gasteiger partial charge on any atom is -0.469 e. The quantitative estimate of drug-likeness (QED) is 0.652. The van der Waals surface area contributed by atoms with E-state index >= 15 is 0 Å². The molecule has 16 heavy (non-hydrogen) atoms. The number of nitrogen functional groups attached to an aromatic ring is 1. The third-order valence-electron chi connectivity index (χ3n) is 2.27. The maximum Gasteiger partial charge on any atom is 0.309 e. The standard InChI is InChI=1S/C12H14ClNO2/c1-8-10(14)7-6-9(12(8)13)4-3-5-11(15)16-2/h3-4,6-7H,5,14H2,1-2H3. The summed E-state index contributed by atoms with van der Waals surface area (Å²) in [5.41, 5.74) is 8.06. The van der Waals surface area contributed by atoms with E-state index < -0.39 is 0 Å². The van der Waals surface area contributed by atoms with Crippen molar-refractivity contribution < 1.29 is 9.53 Å². The summed E-state index contributed by atoms with van der Waals surface area (Å²) in [7, 11) is 1.36. The van der Waals surface area contributed by atoms with Gasteiger partial charge in [0.25, 0.3) is 0 Å². The minimum absolute atomic E-state index is 0.232. The number of hydrogen-bond donors (Lipinski definition) is 1. The van der Waals surface area contributed by atoms with Gasteiger partial charge in [0.05, 0.1) is 18.6 Å². The fraction of sp³-hybridized carbons (Fsp3) is 0.250. The molecule has 0 bridgehead atoms. The lowest BCUT2D eigenvalue weighted by Gasteiger charge is -2.05. The van der Waals surface area contributed by atoms with Gasteiger partial charge >= 0.3 is 5.97 Å². The highest BCUT2D eigenvalue weighted by Crippen LogP contribution is 2.26. The van der Waals surface area contributed by atoms with Crippen LogP contribution in [0, 0.1) is 6.92 Å². The molecule has 0 fully saturated rings. The van der Waals surface area contributed by atoms with Crippen molar-refractivity contribution in [2.75, 3.05) is 12.8 Å². The first kappa shape index (κ1) is 12.6. The predicted molar refractivity (Wildman–Crippen MR) is 66.3 cm³/mol. The minimum atomic E-state index is -0.278. The Morgan fingerprint density at radius 1 is 1.56 bits per heavy atom. The second-order valence-corrected chi connectivity index (χ2v) is 3.74. The Morgan fingerprint density at radius 2 is 2.25 bits per heavy atom. The van der Waals surface area contributed by atoms with Crippen LogP contribution in [0.4, 0.5) is 5.69 Å². The third kappa shape index (κ3) is 3.00. The van der Waals surface area contributed by atoms with Crippen LogP contribution in [-0.2, 0) is 9.53 Å². The number of rotatable bonds is 3. The van der Waals surface area contributed by atoms with Gasteiger partial charge in [-0.25, -0.2) is 0 Å². The maximum atomic E-state index is 10.9. The third-order valence-corrected chi connectivity index (χ3v) is 2.77. The maximum absolute atomic E-state index is 10.9. The lowest BCUT2D eigenvalue weighted by molar-refractivity contribution is -0.139. The molecule has 2 N–H and O–H groups in total. The molecule has 1 rings (SSSR count). The number of carbonyl (C=O) groups is 1. The average Bonchev–Trinajstić information content (AvgIpc) is 2.29. The van der Waals surface area contributed by atoms with Crippen LogP contribution >= 0.6 is 11.6 Å². The molecule has 0 saturated carbocycles. The van der Waals surface area contributed by atoms with Gasteiger partial charge in [-0.3, -0.25) is 4.79 Å². The van der Waals surface area contributed by atoms with E-state index in [0.717, 1.165) is 11.1 Å². The van der Waals surface area contributed by atoms with Crippen molar-refractivity contribution in [2.24, 2.45) is 0 Å². The van der Waals surface area contributed by atoms with E-state index in [1.165, 1.54) is 7.11 Å². The van der Waals surface area contributed by atoms with Gasteiger partial charge in [-0.15, -0.1) is 0 Å². The smallest absolute Gasteiger partial charge is 0.309 e. The number of carbonyl (C=O) groups excluding carboxylic acids is 1. The van der Waals surface area contributed by atoms with Crippen LogP contribution in [0.3, 0.4) is 0 Å². The van der Waals surface area contributed by atoms with Crippen molar-refractivity contribution in [3.8, 4) is 0 Å².